The predicted octanol–water partition coefficient (Wildman–Crippen LogP) is 4.58. The summed E-state index contributed by atoms with van der Waals surface area (Å²) in [4.78, 5) is 24.3. The Morgan fingerprint density at radius 1 is 0.926 bits per heavy atom. The zero-order valence-corrected chi connectivity index (χ0v) is 15.7. The highest BCUT2D eigenvalue weighted by Gasteiger charge is 2.08. The molecule has 0 aliphatic carbocycles. The average molecular weight is 380 g/mol. The molecule has 0 aliphatic heterocycles. The predicted molar refractivity (Wildman–Crippen MR) is 109 cm³/mol. The van der Waals surface area contributed by atoms with E-state index >= 15 is 0 Å². The number of nitrogens with one attached hydrogen (secondary N) is 2. The van der Waals surface area contributed by atoms with Crippen molar-refractivity contribution in [2.75, 3.05) is 17.7 Å². The van der Waals surface area contributed by atoms with Gasteiger partial charge in [0.05, 0.1) is 7.11 Å². The van der Waals surface area contributed by atoms with Gasteiger partial charge in [-0.15, -0.1) is 0 Å². The summed E-state index contributed by atoms with van der Waals surface area (Å²) in [6.45, 7) is 0. The summed E-state index contributed by atoms with van der Waals surface area (Å²) in [5.74, 6) is 0.472. The Labute approximate surface area is 162 Å². The lowest BCUT2D eigenvalue weighted by Crippen LogP contribution is -2.14. The Hall–Kier alpha value is -3.12. The molecule has 0 fully saturated rings. The van der Waals surface area contributed by atoms with E-state index in [1.165, 1.54) is 5.56 Å². The van der Waals surface area contributed by atoms with Gasteiger partial charge in [0.1, 0.15) is 5.75 Å². The average Bonchev–Trinajstić information content (AvgIpc) is 3.21. The third-order valence-corrected chi connectivity index (χ3v) is 4.73. The first-order chi connectivity index (χ1) is 13.1. The van der Waals surface area contributed by atoms with Crippen LogP contribution < -0.4 is 15.4 Å². The van der Waals surface area contributed by atoms with Gasteiger partial charge in [-0.1, -0.05) is 0 Å². The van der Waals surface area contributed by atoms with E-state index in [9.17, 15) is 9.59 Å². The molecule has 0 spiro atoms. The largest absolute Gasteiger partial charge is 0.497 e. The van der Waals surface area contributed by atoms with Crippen LogP contribution in [-0.4, -0.2) is 18.9 Å². The minimum absolute atomic E-state index is 0.0448. The number of carbonyl (C=O) groups excluding carboxylic acids is 2. The number of hydrogen-bond donors (Lipinski definition) is 2. The highest BCUT2D eigenvalue weighted by Crippen LogP contribution is 2.17. The van der Waals surface area contributed by atoms with Crippen LogP contribution in [-0.2, 0) is 11.2 Å². The lowest BCUT2D eigenvalue weighted by molar-refractivity contribution is -0.116. The molecular formula is C21H20N2O3S. The Kier molecular flexibility index (Phi) is 6.22. The number of benzene rings is 2. The Bertz CT molecular complexity index is 888. The first-order valence-electron chi connectivity index (χ1n) is 8.50. The molecule has 5 nitrogen and oxygen atoms in total. The van der Waals surface area contributed by atoms with E-state index in [0.29, 0.717) is 23.4 Å². The molecule has 138 valence electrons. The molecule has 1 heterocycles. The fraction of sp³-hybridized carbons (Fsp3) is 0.143. The SMILES string of the molecule is COc1ccc(NC(=O)c2ccc(NC(=O)CCc3ccsc3)cc2)cc1. The molecule has 0 atom stereocenters. The number of ether oxygens (including phenoxy) is 1. The number of carbonyl (C=O) groups is 2. The van der Waals surface area contributed by atoms with Gasteiger partial charge in [0, 0.05) is 23.4 Å². The molecular weight excluding hydrogens is 360 g/mol. The van der Waals surface area contributed by atoms with Gasteiger partial charge in [0.25, 0.3) is 5.91 Å². The molecule has 6 heteroatoms. The molecule has 0 saturated heterocycles. The lowest BCUT2D eigenvalue weighted by Gasteiger charge is -2.08. The molecule has 27 heavy (non-hydrogen) atoms. The molecule has 0 saturated carbocycles. The fourth-order valence-electron chi connectivity index (χ4n) is 2.50. The number of anilines is 2. The van der Waals surface area contributed by atoms with Crippen molar-refractivity contribution in [1.82, 2.24) is 0 Å². The summed E-state index contributed by atoms with van der Waals surface area (Å²) in [7, 11) is 1.59. The Morgan fingerprint density at radius 2 is 1.59 bits per heavy atom. The van der Waals surface area contributed by atoms with Crippen LogP contribution in [0.15, 0.2) is 65.4 Å². The summed E-state index contributed by atoms with van der Waals surface area (Å²) in [6.07, 6.45) is 1.15. The van der Waals surface area contributed by atoms with Gasteiger partial charge in [-0.25, -0.2) is 0 Å². The van der Waals surface area contributed by atoms with Crippen molar-refractivity contribution < 1.29 is 14.3 Å². The molecule has 1 aromatic heterocycles. The second-order valence-corrected chi connectivity index (χ2v) is 6.72. The second-order valence-electron chi connectivity index (χ2n) is 5.94. The minimum atomic E-state index is -0.212. The molecule has 0 radical (unpaired) electrons. The van der Waals surface area contributed by atoms with Crippen molar-refractivity contribution in [2.45, 2.75) is 12.8 Å². The highest BCUT2D eigenvalue weighted by molar-refractivity contribution is 7.07. The molecule has 2 N–H and O–H groups in total. The highest BCUT2D eigenvalue weighted by atomic mass is 32.1. The molecule has 0 aliphatic rings. The fourth-order valence-corrected chi connectivity index (χ4v) is 3.20. The smallest absolute Gasteiger partial charge is 0.255 e. The van der Waals surface area contributed by atoms with E-state index in [-0.39, 0.29) is 11.8 Å². The van der Waals surface area contributed by atoms with E-state index in [1.54, 1.807) is 67.0 Å². The van der Waals surface area contributed by atoms with Crippen molar-refractivity contribution in [3.8, 4) is 5.75 Å². The molecule has 3 rings (SSSR count). The van der Waals surface area contributed by atoms with E-state index < -0.39 is 0 Å². The third-order valence-electron chi connectivity index (χ3n) is 4.00. The van der Waals surface area contributed by atoms with Crippen molar-refractivity contribution in [2.24, 2.45) is 0 Å². The number of methoxy groups -OCH3 is 1. The Balaban J connectivity index is 1.52. The molecule has 0 bridgehead atoms. The second kappa shape index (κ2) is 9.00. The lowest BCUT2D eigenvalue weighted by atomic mass is 10.1. The van der Waals surface area contributed by atoms with Crippen LogP contribution in [0.25, 0.3) is 0 Å². The van der Waals surface area contributed by atoms with Crippen LogP contribution in [0.1, 0.15) is 22.3 Å². The Morgan fingerprint density at radius 3 is 2.22 bits per heavy atom. The van der Waals surface area contributed by atoms with Gasteiger partial charge in [-0.05, 0) is 77.3 Å². The summed E-state index contributed by atoms with van der Waals surface area (Å²) in [5.41, 5.74) is 3.04. The van der Waals surface area contributed by atoms with Crippen LogP contribution in [0.5, 0.6) is 5.75 Å². The van der Waals surface area contributed by atoms with E-state index in [2.05, 4.69) is 10.6 Å². The normalized spacial score (nSPS) is 10.3. The molecule has 0 unspecified atom stereocenters. The maximum absolute atomic E-state index is 12.3. The van der Waals surface area contributed by atoms with Crippen LogP contribution in [0, 0.1) is 0 Å². The van der Waals surface area contributed by atoms with Crippen LogP contribution in [0.4, 0.5) is 11.4 Å². The standard InChI is InChI=1S/C21H20N2O3S/c1-26-19-9-7-18(8-10-19)23-21(25)16-3-5-17(6-4-16)22-20(24)11-2-15-12-13-27-14-15/h3-10,12-14H,2,11H2,1H3,(H,22,24)(H,23,25). The van der Waals surface area contributed by atoms with Gasteiger partial charge in [-0.2, -0.15) is 11.3 Å². The van der Waals surface area contributed by atoms with Gasteiger partial charge in [0.15, 0.2) is 0 Å². The van der Waals surface area contributed by atoms with E-state index in [4.69, 9.17) is 4.74 Å². The first kappa shape index (κ1) is 18.7. The van der Waals surface area contributed by atoms with Gasteiger partial charge < -0.3 is 15.4 Å². The number of thiophene rings is 1. The van der Waals surface area contributed by atoms with Crippen LogP contribution in [0.2, 0.25) is 0 Å². The van der Waals surface area contributed by atoms with E-state index in [1.807, 2.05) is 16.8 Å². The summed E-state index contributed by atoms with van der Waals surface area (Å²) in [5, 5.41) is 9.72. The van der Waals surface area contributed by atoms with Crippen molar-refractivity contribution >= 4 is 34.5 Å². The molecule has 2 amide bonds. The monoisotopic (exact) mass is 380 g/mol. The zero-order chi connectivity index (χ0) is 19.1. The van der Waals surface area contributed by atoms with E-state index in [0.717, 1.165) is 12.2 Å². The maximum Gasteiger partial charge on any atom is 0.255 e. The van der Waals surface area contributed by atoms with Gasteiger partial charge in [0.2, 0.25) is 5.91 Å². The topological polar surface area (TPSA) is 67.4 Å². The number of hydrogen-bond acceptors (Lipinski definition) is 4. The van der Waals surface area contributed by atoms with Gasteiger partial charge in [-0.3, -0.25) is 9.59 Å². The summed E-state index contributed by atoms with van der Waals surface area (Å²) < 4.78 is 5.10. The maximum atomic E-state index is 12.3. The van der Waals surface area contributed by atoms with Gasteiger partial charge >= 0.3 is 0 Å². The minimum Gasteiger partial charge on any atom is -0.497 e. The van der Waals surface area contributed by atoms with Crippen molar-refractivity contribution in [3.63, 3.8) is 0 Å². The van der Waals surface area contributed by atoms with Crippen molar-refractivity contribution in [3.05, 3.63) is 76.5 Å². The number of aryl methyl sites for hydroxylation is 1. The summed E-state index contributed by atoms with van der Waals surface area (Å²) in [6, 6.07) is 16.0. The first-order valence-corrected chi connectivity index (χ1v) is 9.45. The summed E-state index contributed by atoms with van der Waals surface area (Å²) >= 11 is 1.63. The molecule has 3 aromatic rings. The van der Waals surface area contributed by atoms with Crippen LogP contribution in [0.3, 0.4) is 0 Å². The quantitative estimate of drug-likeness (QED) is 0.630. The van der Waals surface area contributed by atoms with Crippen molar-refractivity contribution in [1.29, 1.82) is 0 Å². The zero-order valence-electron chi connectivity index (χ0n) is 14.9. The number of amides is 2. The molecule has 2 aromatic carbocycles. The number of rotatable bonds is 7. The van der Waals surface area contributed by atoms with Crippen LogP contribution >= 0.6 is 11.3 Å². The third kappa shape index (κ3) is 5.43.